The molecule has 0 aliphatic heterocycles. The number of rotatable bonds is 5. The van der Waals surface area contributed by atoms with Crippen molar-refractivity contribution in [1.82, 2.24) is 0 Å². The van der Waals surface area contributed by atoms with Gasteiger partial charge in [0.15, 0.2) is 0 Å². The van der Waals surface area contributed by atoms with Crippen molar-refractivity contribution >= 4 is 24.6 Å². The monoisotopic (exact) mass is 561 g/mol. The Balaban J connectivity index is 1.88. The second-order valence-corrected chi connectivity index (χ2v) is 42.5. The molecule has 2 aliphatic carbocycles. The molecule has 2 atom stereocenters. The number of hydrogen-bond acceptors (Lipinski definition) is 0. The summed E-state index contributed by atoms with van der Waals surface area (Å²) >= 11 is -4.37. The van der Waals surface area contributed by atoms with E-state index in [4.69, 9.17) is 0 Å². The van der Waals surface area contributed by atoms with E-state index < -0.39 is 23.9 Å². The van der Waals surface area contributed by atoms with Crippen LogP contribution in [0.3, 0.4) is 0 Å². The molecule has 0 amide bonds. The van der Waals surface area contributed by atoms with Crippen LogP contribution in [0.1, 0.15) is 43.4 Å². The fraction of sp³-hybridized carbons (Fsp3) is 0.176. The van der Waals surface area contributed by atoms with Crippen LogP contribution in [0.5, 0.6) is 0 Å². The molecule has 0 radical (unpaired) electrons. The molecule has 2 unspecified atom stereocenters. The first kappa shape index (κ1) is 23.8. The van der Waals surface area contributed by atoms with Crippen molar-refractivity contribution in [3.05, 3.63) is 143 Å². The third-order valence-electron chi connectivity index (χ3n) is 9.62. The second kappa shape index (κ2) is 8.79. The number of hydrogen-bond donors (Lipinski definition) is 0. The van der Waals surface area contributed by atoms with Gasteiger partial charge in [0.05, 0.1) is 0 Å². The quantitative estimate of drug-likeness (QED) is 0.219. The van der Waals surface area contributed by atoms with Gasteiger partial charge in [0, 0.05) is 0 Å². The van der Waals surface area contributed by atoms with Crippen LogP contribution in [-0.2, 0) is 17.9 Å². The van der Waals surface area contributed by atoms with Crippen LogP contribution >= 0.6 is 0 Å². The predicted molar refractivity (Wildman–Crippen MR) is 157 cm³/mol. The Morgan fingerprint density at radius 1 is 0.500 bits per heavy atom. The normalized spacial score (nSPS) is 19.8. The Kier molecular flexibility index (Phi) is 5.82. The molecule has 2 aliphatic rings. The van der Waals surface area contributed by atoms with Crippen LogP contribution in [0.2, 0.25) is 13.1 Å². The van der Waals surface area contributed by atoms with Gasteiger partial charge < -0.3 is 0 Å². The van der Waals surface area contributed by atoms with E-state index in [1.165, 1.54) is 11.1 Å². The van der Waals surface area contributed by atoms with Gasteiger partial charge in [0.1, 0.15) is 0 Å². The van der Waals surface area contributed by atoms with Gasteiger partial charge in [-0.1, -0.05) is 0 Å². The van der Waals surface area contributed by atoms with Gasteiger partial charge in [0.25, 0.3) is 0 Å². The molecule has 0 nitrogen and oxygen atoms in total. The Morgan fingerprint density at radius 2 is 0.861 bits per heavy atom. The van der Waals surface area contributed by atoms with Gasteiger partial charge in [-0.15, -0.1) is 0 Å². The van der Waals surface area contributed by atoms with Gasteiger partial charge in [0.2, 0.25) is 0 Å². The maximum atomic E-state index is 2.69. The summed E-state index contributed by atoms with van der Waals surface area (Å²) in [7, 11) is 0. The van der Waals surface area contributed by atoms with Crippen molar-refractivity contribution in [2.45, 2.75) is 34.2 Å². The van der Waals surface area contributed by atoms with E-state index in [0.717, 1.165) is 0 Å². The van der Waals surface area contributed by atoms with Crippen LogP contribution in [0.25, 0.3) is 12.2 Å². The Labute approximate surface area is 218 Å². The molecule has 0 bridgehead atoms. The summed E-state index contributed by atoms with van der Waals surface area (Å²) in [6, 6.07) is 42.3. The van der Waals surface area contributed by atoms with Crippen molar-refractivity contribution in [2.75, 3.05) is 0 Å². The molecule has 0 saturated carbocycles. The number of allylic oxidation sites excluding steroid dienone is 2. The molecule has 0 fully saturated rings. The van der Waals surface area contributed by atoms with Crippen LogP contribution in [-0.4, -0.2) is 5.92 Å². The molecule has 0 aromatic heterocycles. The first-order chi connectivity index (χ1) is 17.5. The molecule has 4 aromatic carbocycles. The molecular formula is C34H35SiZr. The molecular weight excluding hydrogens is 528 g/mol. The minimum atomic E-state index is -4.37. The van der Waals surface area contributed by atoms with Crippen LogP contribution in [0.15, 0.2) is 120 Å². The van der Waals surface area contributed by atoms with Crippen molar-refractivity contribution in [3.63, 3.8) is 0 Å². The summed E-state index contributed by atoms with van der Waals surface area (Å²) < 4.78 is 4.24. The van der Waals surface area contributed by atoms with Gasteiger partial charge in [-0.2, -0.15) is 0 Å². The van der Waals surface area contributed by atoms with Gasteiger partial charge >= 0.3 is 219 Å². The first-order valence-corrected chi connectivity index (χ1v) is 25.7. The number of benzene rings is 4. The Bertz CT molecular complexity index is 1390. The molecule has 179 valence electrons. The van der Waals surface area contributed by atoms with Crippen LogP contribution < -0.4 is 6.54 Å². The zero-order valence-corrected chi connectivity index (χ0v) is 25.4. The maximum absolute atomic E-state index is 4.37. The predicted octanol–water partition coefficient (Wildman–Crippen LogP) is 7.63. The topological polar surface area (TPSA) is 0 Å². The molecule has 6 rings (SSSR count). The molecule has 0 spiro atoms. The van der Waals surface area contributed by atoms with E-state index in [2.05, 4.69) is 148 Å². The fourth-order valence-electron chi connectivity index (χ4n) is 8.56. The first-order valence-electron chi connectivity index (χ1n) is 13.3. The fourth-order valence-corrected chi connectivity index (χ4v) is 57.7. The molecule has 36 heavy (non-hydrogen) atoms. The molecule has 4 aromatic rings. The van der Waals surface area contributed by atoms with E-state index in [1.54, 1.807) is 28.8 Å². The van der Waals surface area contributed by atoms with Gasteiger partial charge in [-0.25, -0.2) is 0 Å². The van der Waals surface area contributed by atoms with Crippen molar-refractivity contribution in [1.29, 1.82) is 0 Å². The average Bonchev–Trinajstić information content (AvgIpc) is 3.43. The third-order valence-corrected chi connectivity index (χ3v) is 56.2. The molecule has 0 saturated heterocycles. The van der Waals surface area contributed by atoms with E-state index in [1.807, 2.05) is 0 Å². The van der Waals surface area contributed by atoms with E-state index in [9.17, 15) is 0 Å². The zero-order chi connectivity index (χ0) is 24.9. The standard InChI is InChI=1S/2C10H9.2C6H5.C2H7Si.Zr/c2*1-8-6-9-4-2-3-5-10(9)7-8;2*1-2-4-6-5-3-1;1-3-2;/h2*2-7H,1H3;2*1-5H;3H,1-2H3;. The van der Waals surface area contributed by atoms with E-state index in [0.29, 0.717) is 7.25 Å². The summed E-state index contributed by atoms with van der Waals surface area (Å²) in [5, 5.41) is 0. The summed E-state index contributed by atoms with van der Waals surface area (Å²) in [5.41, 5.74) is 9.10. The molecule has 2 heteroatoms. The summed E-state index contributed by atoms with van der Waals surface area (Å²) in [4.78, 5) is 0. The number of fused-ring (bicyclic) bond motifs is 2. The van der Waals surface area contributed by atoms with Crippen LogP contribution in [0.4, 0.5) is 0 Å². The summed E-state index contributed by atoms with van der Waals surface area (Å²) in [6.45, 7) is 10.2. The van der Waals surface area contributed by atoms with Gasteiger partial charge in [-0.3, -0.25) is 0 Å². The van der Waals surface area contributed by atoms with E-state index >= 15 is 0 Å². The second-order valence-electron chi connectivity index (χ2n) is 11.3. The minimum absolute atomic E-state index is 0.457. The molecule has 0 N–H and O–H groups in total. The summed E-state index contributed by atoms with van der Waals surface area (Å²) in [5.74, 6) is -1.38. The van der Waals surface area contributed by atoms with Crippen molar-refractivity contribution < 1.29 is 17.9 Å². The van der Waals surface area contributed by atoms with E-state index in [-0.39, 0.29) is 0 Å². The SMILES string of the molecule is CC1=Cc2ccccc2[CH]1[Zr]([c]1ccccc1)([c]1ccccc1)([CH]1C(C)=Cc2ccccc21)[SiH](C)C. The Hall–Kier alpha value is -2.54. The Morgan fingerprint density at radius 3 is 1.25 bits per heavy atom. The molecule has 0 heterocycles. The van der Waals surface area contributed by atoms with Crippen LogP contribution in [0, 0.1) is 0 Å². The van der Waals surface area contributed by atoms with Crippen molar-refractivity contribution in [2.24, 2.45) is 0 Å². The van der Waals surface area contributed by atoms with Crippen molar-refractivity contribution in [3.8, 4) is 0 Å². The van der Waals surface area contributed by atoms with Gasteiger partial charge in [-0.05, 0) is 0 Å². The third kappa shape index (κ3) is 2.95. The zero-order valence-electron chi connectivity index (χ0n) is 21.8. The summed E-state index contributed by atoms with van der Waals surface area (Å²) in [6.07, 6.45) is 5.02. The average molecular weight is 563 g/mol.